The molecule has 27 heavy (non-hydrogen) atoms. The van der Waals surface area contributed by atoms with Crippen LogP contribution >= 0.6 is 0 Å². The monoisotopic (exact) mass is 381 g/mol. The van der Waals surface area contributed by atoms with Gasteiger partial charge in [-0.25, -0.2) is 13.1 Å². The molecule has 3 rings (SSSR count). The van der Waals surface area contributed by atoms with Gasteiger partial charge in [0.15, 0.2) is 0 Å². The highest BCUT2D eigenvalue weighted by molar-refractivity contribution is 7.89. The van der Waals surface area contributed by atoms with Gasteiger partial charge in [-0.1, -0.05) is 23.8 Å². The van der Waals surface area contributed by atoms with Crippen LogP contribution in [0.25, 0.3) is 0 Å². The maximum Gasteiger partial charge on any atom is 0.255 e. The summed E-state index contributed by atoms with van der Waals surface area (Å²) in [6.07, 6.45) is 3.23. The highest BCUT2D eigenvalue weighted by Crippen LogP contribution is 2.15. The number of aryl methyl sites for hydroxylation is 1. The van der Waals surface area contributed by atoms with Gasteiger partial charge in [0.05, 0.1) is 4.90 Å². The summed E-state index contributed by atoms with van der Waals surface area (Å²) in [5, 5.41) is 2.75. The third-order valence-electron chi connectivity index (χ3n) is 3.93. The minimum atomic E-state index is -3.65. The summed E-state index contributed by atoms with van der Waals surface area (Å²) in [6.45, 7) is 2.10. The van der Waals surface area contributed by atoms with Crippen LogP contribution in [-0.2, 0) is 16.6 Å². The van der Waals surface area contributed by atoms with E-state index in [4.69, 9.17) is 0 Å². The number of pyridine rings is 1. The van der Waals surface area contributed by atoms with Crippen molar-refractivity contribution in [1.82, 2.24) is 9.71 Å². The Morgan fingerprint density at radius 3 is 2.33 bits per heavy atom. The van der Waals surface area contributed by atoms with Crippen molar-refractivity contribution in [1.29, 1.82) is 0 Å². The molecule has 0 radical (unpaired) electrons. The number of aromatic nitrogens is 1. The van der Waals surface area contributed by atoms with Gasteiger partial charge in [0, 0.05) is 30.2 Å². The van der Waals surface area contributed by atoms with Gasteiger partial charge in [-0.05, 0) is 55.0 Å². The summed E-state index contributed by atoms with van der Waals surface area (Å²) in [7, 11) is -3.65. The summed E-state index contributed by atoms with van der Waals surface area (Å²) in [5.41, 5.74) is 2.89. The largest absolute Gasteiger partial charge is 0.322 e. The lowest BCUT2D eigenvalue weighted by Gasteiger charge is -2.09. The van der Waals surface area contributed by atoms with E-state index in [0.29, 0.717) is 11.3 Å². The zero-order valence-electron chi connectivity index (χ0n) is 14.7. The molecule has 7 heteroatoms. The number of carbonyl (C=O) groups excluding carboxylic acids is 1. The van der Waals surface area contributed by atoms with Gasteiger partial charge in [-0.3, -0.25) is 9.78 Å². The van der Waals surface area contributed by atoms with Crippen LogP contribution in [0.2, 0.25) is 0 Å². The predicted molar refractivity (Wildman–Crippen MR) is 104 cm³/mol. The maximum atomic E-state index is 12.4. The van der Waals surface area contributed by atoms with E-state index in [0.717, 1.165) is 11.1 Å². The van der Waals surface area contributed by atoms with Crippen molar-refractivity contribution in [2.45, 2.75) is 18.4 Å². The Kier molecular flexibility index (Phi) is 5.63. The van der Waals surface area contributed by atoms with Gasteiger partial charge in [0.25, 0.3) is 5.91 Å². The van der Waals surface area contributed by atoms with Crippen molar-refractivity contribution in [2.24, 2.45) is 0 Å². The Morgan fingerprint density at radius 2 is 1.70 bits per heavy atom. The molecule has 2 N–H and O–H groups in total. The van der Waals surface area contributed by atoms with Crippen LogP contribution in [0.1, 0.15) is 21.5 Å². The number of hydrogen-bond acceptors (Lipinski definition) is 4. The molecule has 6 nitrogen and oxygen atoms in total. The van der Waals surface area contributed by atoms with Gasteiger partial charge in [-0.2, -0.15) is 0 Å². The second-order valence-corrected chi connectivity index (χ2v) is 7.80. The lowest BCUT2D eigenvalue weighted by atomic mass is 10.1. The summed E-state index contributed by atoms with van der Waals surface area (Å²) in [6, 6.07) is 16.8. The number of carbonyl (C=O) groups is 1. The molecule has 0 unspecified atom stereocenters. The van der Waals surface area contributed by atoms with E-state index >= 15 is 0 Å². The number of anilines is 1. The highest BCUT2D eigenvalue weighted by Gasteiger charge is 2.14. The minimum absolute atomic E-state index is 0.125. The lowest BCUT2D eigenvalue weighted by molar-refractivity contribution is 0.102. The van der Waals surface area contributed by atoms with Crippen molar-refractivity contribution in [3.8, 4) is 0 Å². The van der Waals surface area contributed by atoms with Crippen LogP contribution in [0.3, 0.4) is 0 Å². The quantitative estimate of drug-likeness (QED) is 0.687. The Labute approximate surface area is 158 Å². The SMILES string of the molecule is Cc1ccc(C(=O)Nc2ccc(S(=O)(=O)NCc3cccnc3)cc2)cc1. The second-order valence-electron chi connectivity index (χ2n) is 6.03. The molecule has 0 fully saturated rings. The van der Waals surface area contributed by atoms with Crippen LogP contribution < -0.4 is 10.0 Å². The van der Waals surface area contributed by atoms with E-state index in [1.54, 1.807) is 48.8 Å². The molecule has 1 amide bonds. The molecule has 1 heterocycles. The van der Waals surface area contributed by atoms with E-state index in [2.05, 4.69) is 15.0 Å². The molecule has 0 atom stereocenters. The first-order valence-corrected chi connectivity index (χ1v) is 9.79. The fraction of sp³-hybridized carbons (Fsp3) is 0.100. The van der Waals surface area contributed by atoms with E-state index in [-0.39, 0.29) is 17.3 Å². The van der Waals surface area contributed by atoms with Crippen molar-refractivity contribution in [3.05, 3.63) is 89.7 Å². The van der Waals surface area contributed by atoms with Gasteiger partial charge in [-0.15, -0.1) is 0 Å². The Morgan fingerprint density at radius 1 is 1.00 bits per heavy atom. The summed E-state index contributed by atoms with van der Waals surface area (Å²) < 4.78 is 27.3. The zero-order valence-corrected chi connectivity index (χ0v) is 15.5. The molecule has 138 valence electrons. The normalized spacial score (nSPS) is 11.1. The third-order valence-corrected chi connectivity index (χ3v) is 5.34. The minimum Gasteiger partial charge on any atom is -0.322 e. The van der Waals surface area contributed by atoms with Crippen LogP contribution in [0, 0.1) is 6.92 Å². The van der Waals surface area contributed by atoms with Gasteiger partial charge >= 0.3 is 0 Å². The number of benzene rings is 2. The van der Waals surface area contributed by atoms with Crippen molar-refractivity contribution in [3.63, 3.8) is 0 Å². The van der Waals surface area contributed by atoms with Crippen LogP contribution in [0.4, 0.5) is 5.69 Å². The fourth-order valence-corrected chi connectivity index (χ4v) is 3.41. The number of hydrogen-bond donors (Lipinski definition) is 2. The molecule has 0 saturated heterocycles. The molecule has 0 aliphatic carbocycles. The summed E-state index contributed by atoms with van der Waals surface area (Å²) in [5.74, 6) is -0.250. The molecule has 2 aromatic carbocycles. The number of sulfonamides is 1. The molecule has 3 aromatic rings. The molecule has 1 aromatic heterocycles. The van der Waals surface area contributed by atoms with Crippen LogP contribution in [0.15, 0.2) is 78.0 Å². The molecule has 0 aliphatic rings. The first-order valence-electron chi connectivity index (χ1n) is 8.31. The number of nitrogens with one attached hydrogen (secondary N) is 2. The standard InChI is InChI=1S/C20H19N3O3S/c1-15-4-6-17(7-5-15)20(24)23-18-8-10-19(11-9-18)27(25,26)22-14-16-3-2-12-21-13-16/h2-13,22H,14H2,1H3,(H,23,24). The first kappa shape index (κ1) is 18.8. The number of nitrogens with zero attached hydrogens (tertiary/aromatic N) is 1. The summed E-state index contributed by atoms with van der Waals surface area (Å²) in [4.78, 5) is 16.3. The van der Waals surface area contributed by atoms with Crippen LogP contribution in [0.5, 0.6) is 0 Å². The molecular formula is C20H19N3O3S. The predicted octanol–water partition coefficient (Wildman–Crippen LogP) is 3.12. The average molecular weight is 381 g/mol. The lowest BCUT2D eigenvalue weighted by Crippen LogP contribution is -2.23. The Bertz CT molecular complexity index is 1020. The molecular weight excluding hydrogens is 362 g/mol. The topological polar surface area (TPSA) is 88.2 Å². The molecule has 0 bridgehead atoms. The van der Waals surface area contributed by atoms with Crippen molar-refractivity contribution >= 4 is 21.6 Å². The average Bonchev–Trinajstić information content (AvgIpc) is 2.68. The first-order chi connectivity index (χ1) is 12.9. The second kappa shape index (κ2) is 8.11. The van der Waals surface area contributed by atoms with Gasteiger partial charge < -0.3 is 5.32 Å². The van der Waals surface area contributed by atoms with Crippen LogP contribution in [-0.4, -0.2) is 19.3 Å². The van der Waals surface area contributed by atoms with Gasteiger partial charge in [0.1, 0.15) is 0 Å². The van der Waals surface area contributed by atoms with Crippen molar-refractivity contribution < 1.29 is 13.2 Å². The third kappa shape index (κ3) is 4.99. The van der Waals surface area contributed by atoms with Crippen molar-refractivity contribution in [2.75, 3.05) is 5.32 Å². The smallest absolute Gasteiger partial charge is 0.255 e. The van der Waals surface area contributed by atoms with E-state index < -0.39 is 10.0 Å². The van der Waals surface area contributed by atoms with E-state index in [9.17, 15) is 13.2 Å². The Hall–Kier alpha value is -3.03. The van der Waals surface area contributed by atoms with E-state index in [1.165, 1.54) is 12.1 Å². The summed E-state index contributed by atoms with van der Waals surface area (Å²) >= 11 is 0. The fourth-order valence-electron chi connectivity index (χ4n) is 2.39. The Balaban J connectivity index is 1.65. The molecule has 0 spiro atoms. The maximum absolute atomic E-state index is 12.4. The van der Waals surface area contributed by atoms with E-state index in [1.807, 2.05) is 19.1 Å². The van der Waals surface area contributed by atoms with Gasteiger partial charge in [0.2, 0.25) is 10.0 Å². The zero-order chi connectivity index (χ0) is 19.3. The molecule has 0 saturated carbocycles. The number of amides is 1. The molecule has 0 aliphatic heterocycles. The highest BCUT2D eigenvalue weighted by atomic mass is 32.2. The number of rotatable bonds is 6.